The monoisotopic (exact) mass is 330 g/mol. The number of hydrogen-bond donors (Lipinski definition) is 2. The fourth-order valence-corrected chi connectivity index (χ4v) is 4.08. The summed E-state index contributed by atoms with van der Waals surface area (Å²) >= 11 is 1.12. The zero-order valence-corrected chi connectivity index (χ0v) is 13.1. The molecule has 6 nitrogen and oxygen atoms in total. The van der Waals surface area contributed by atoms with Crippen molar-refractivity contribution in [2.75, 3.05) is 10.5 Å². The van der Waals surface area contributed by atoms with Crippen LogP contribution in [0.15, 0.2) is 23.1 Å². The van der Waals surface area contributed by atoms with Gasteiger partial charge in [0.15, 0.2) is 0 Å². The van der Waals surface area contributed by atoms with Crippen LogP contribution >= 0.6 is 11.3 Å². The number of anilines is 2. The van der Waals surface area contributed by atoms with Gasteiger partial charge in [0.05, 0.1) is 5.69 Å². The summed E-state index contributed by atoms with van der Waals surface area (Å²) in [5.74, 6) is -0.529. The normalized spacial score (nSPS) is 11.8. The average Bonchev–Trinajstić information content (AvgIpc) is 2.73. The summed E-state index contributed by atoms with van der Waals surface area (Å²) in [5, 5.41) is 8.45. The topological polar surface area (TPSA) is 98.0 Å². The molecule has 1 aromatic heterocycles. The number of benzene rings is 1. The second kappa shape index (κ2) is 5.94. The summed E-state index contributed by atoms with van der Waals surface area (Å²) in [6.07, 6.45) is 0.696. The molecule has 0 saturated heterocycles. The number of hydrogen-bond acceptors (Lipinski definition) is 6. The smallest absolute Gasteiger partial charge is 0.268 e. The third-order valence-electron chi connectivity index (χ3n) is 2.54. The largest absolute Gasteiger partial charge is 0.398 e. The fraction of sp³-hybridized carbons (Fsp3) is 0.333. The summed E-state index contributed by atoms with van der Waals surface area (Å²) in [7, 11) is -4.13. The fourth-order valence-electron chi connectivity index (χ4n) is 1.70. The minimum Gasteiger partial charge on any atom is -0.398 e. The molecule has 0 bridgehead atoms. The molecule has 1 heterocycles. The summed E-state index contributed by atoms with van der Waals surface area (Å²) < 4.78 is 40.3. The number of sulfonamides is 1. The zero-order chi connectivity index (χ0) is 15.6. The van der Waals surface area contributed by atoms with Crippen molar-refractivity contribution >= 4 is 32.2 Å². The first kappa shape index (κ1) is 15.6. The minimum atomic E-state index is -4.13. The summed E-state index contributed by atoms with van der Waals surface area (Å²) in [5.41, 5.74) is 5.38. The summed E-state index contributed by atoms with van der Waals surface area (Å²) in [6.45, 7) is 4.04. The van der Waals surface area contributed by atoms with Crippen LogP contribution in [0.4, 0.5) is 15.2 Å². The number of halogens is 1. The highest BCUT2D eigenvalue weighted by Crippen LogP contribution is 2.26. The van der Waals surface area contributed by atoms with Crippen molar-refractivity contribution in [3.05, 3.63) is 29.0 Å². The molecular formula is C12H15FN4O2S2. The Bertz CT molecular complexity index is 723. The van der Waals surface area contributed by atoms with E-state index >= 15 is 0 Å². The van der Waals surface area contributed by atoms with Crippen molar-refractivity contribution in [1.29, 1.82) is 0 Å². The molecule has 3 N–H and O–H groups in total. The first-order valence-electron chi connectivity index (χ1n) is 6.19. The summed E-state index contributed by atoms with van der Waals surface area (Å²) in [6, 6.07) is 3.70. The van der Waals surface area contributed by atoms with Crippen molar-refractivity contribution < 1.29 is 12.8 Å². The highest BCUT2D eigenvalue weighted by molar-refractivity contribution is 7.93. The predicted octanol–water partition coefficient (Wildman–Crippen LogP) is 2.26. The maximum atomic E-state index is 13.7. The molecule has 1 aromatic carbocycles. The van der Waals surface area contributed by atoms with Crippen molar-refractivity contribution in [3.8, 4) is 0 Å². The number of nitrogens with one attached hydrogen (secondary N) is 1. The lowest BCUT2D eigenvalue weighted by atomic mass is 10.1. The van der Waals surface area contributed by atoms with E-state index in [2.05, 4.69) is 14.9 Å². The van der Waals surface area contributed by atoms with Crippen LogP contribution < -0.4 is 10.5 Å². The Balaban J connectivity index is 2.27. The molecule has 114 valence electrons. The third kappa shape index (κ3) is 3.67. The van der Waals surface area contributed by atoms with Crippen molar-refractivity contribution in [2.45, 2.75) is 25.2 Å². The van der Waals surface area contributed by atoms with E-state index in [-0.39, 0.29) is 10.8 Å². The second-order valence-corrected chi connectivity index (χ2v) is 7.54. The lowest BCUT2D eigenvalue weighted by Gasteiger charge is -2.08. The van der Waals surface area contributed by atoms with Crippen LogP contribution in [-0.2, 0) is 16.4 Å². The van der Waals surface area contributed by atoms with E-state index in [1.54, 1.807) is 0 Å². The minimum absolute atomic E-state index is 0.0910. The summed E-state index contributed by atoms with van der Waals surface area (Å²) in [4.78, 5) is -0.578. The Labute approximate surface area is 126 Å². The molecule has 0 aliphatic carbocycles. The van der Waals surface area contributed by atoms with Gasteiger partial charge in [0.25, 0.3) is 10.0 Å². The first-order valence-corrected chi connectivity index (χ1v) is 8.48. The van der Waals surface area contributed by atoms with Gasteiger partial charge < -0.3 is 5.73 Å². The van der Waals surface area contributed by atoms with Gasteiger partial charge in [0, 0.05) is 6.42 Å². The SMILES string of the molecule is CC(C)Cc1nnc(NS(=O)(=O)c2c(N)cccc2F)s1. The van der Waals surface area contributed by atoms with Gasteiger partial charge in [-0.05, 0) is 18.1 Å². The van der Waals surface area contributed by atoms with E-state index in [4.69, 9.17) is 5.73 Å². The Kier molecular flexibility index (Phi) is 4.43. The highest BCUT2D eigenvalue weighted by Gasteiger charge is 2.23. The maximum Gasteiger partial charge on any atom is 0.268 e. The van der Waals surface area contributed by atoms with E-state index in [0.29, 0.717) is 17.3 Å². The van der Waals surface area contributed by atoms with E-state index in [1.807, 2.05) is 13.8 Å². The maximum absolute atomic E-state index is 13.7. The Hall–Kier alpha value is -1.74. The number of aromatic nitrogens is 2. The second-order valence-electron chi connectivity index (χ2n) is 4.86. The number of nitrogens with two attached hydrogens (primary N) is 1. The van der Waals surface area contributed by atoms with Gasteiger partial charge in [-0.25, -0.2) is 12.8 Å². The van der Waals surface area contributed by atoms with Gasteiger partial charge in [-0.15, -0.1) is 10.2 Å². The van der Waals surface area contributed by atoms with Crippen LogP contribution in [0.2, 0.25) is 0 Å². The zero-order valence-electron chi connectivity index (χ0n) is 11.5. The molecule has 0 radical (unpaired) electrons. The Morgan fingerprint density at radius 2 is 2.10 bits per heavy atom. The van der Waals surface area contributed by atoms with Gasteiger partial charge in [-0.3, -0.25) is 4.72 Å². The van der Waals surface area contributed by atoms with Crippen LogP contribution in [-0.4, -0.2) is 18.6 Å². The van der Waals surface area contributed by atoms with Crippen LogP contribution in [0.25, 0.3) is 0 Å². The molecule has 9 heteroatoms. The molecule has 0 unspecified atom stereocenters. The number of rotatable bonds is 5. The van der Waals surface area contributed by atoms with E-state index in [9.17, 15) is 12.8 Å². The quantitative estimate of drug-likeness (QED) is 0.819. The lowest BCUT2D eigenvalue weighted by Crippen LogP contribution is -2.16. The molecule has 0 aliphatic rings. The molecule has 0 fully saturated rings. The van der Waals surface area contributed by atoms with Crippen LogP contribution in [0.3, 0.4) is 0 Å². The number of nitrogen functional groups attached to an aromatic ring is 1. The van der Waals surface area contributed by atoms with Gasteiger partial charge in [0.2, 0.25) is 5.13 Å². The first-order chi connectivity index (χ1) is 9.79. The van der Waals surface area contributed by atoms with Crippen LogP contribution in [0.1, 0.15) is 18.9 Å². The Morgan fingerprint density at radius 3 is 2.71 bits per heavy atom. The van der Waals surface area contributed by atoms with Gasteiger partial charge in [-0.1, -0.05) is 31.3 Å². The molecule has 21 heavy (non-hydrogen) atoms. The van der Waals surface area contributed by atoms with Crippen molar-refractivity contribution in [2.24, 2.45) is 5.92 Å². The molecule has 0 spiro atoms. The van der Waals surface area contributed by atoms with Crippen LogP contribution in [0.5, 0.6) is 0 Å². The van der Waals surface area contributed by atoms with Crippen LogP contribution in [0, 0.1) is 11.7 Å². The molecule has 0 amide bonds. The molecular weight excluding hydrogens is 315 g/mol. The molecule has 0 saturated carbocycles. The molecule has 0 aliphatic heterocycles. The van der Waals surface area contributed by atoms with Gasteiger partial charge >= 0.3 is 0 Å². The average molecular weight is 330 g/mol. The highest BCUT2D eigenvalue weighted by atomic mass is 32.2. The third-order valence-corrected chi connectivity index (χ3v) is 4.96. The van der Waals surface area contributed by atoms with Gasteiger partial charge in [-0.2, -0.15) is 0 Å². The van der Waals surface area contributed by atoms with E-state index < -0.39 is 20.7 Å². The van der Waals surface area contributed by atoms with Crippen molar-refractivity contribution in [3.63, 3.8) is 0 Å². The molecule has 2 rings (SSSR count). The lowest BCUT2D eigenvalue weighted by molar-refractivity contribution is 0.571. The van der Waals surface area contributed by atoms with Crippen molar-refractivity contribution in [1.82, 2.24) is 10.2 Å². The molecule has 2 aromatic rings. The standard InChI is InChI=1S/C12H15FN4O2S2/c1-7(2)6-10-15-16-12(20-10)17-21(18,19)11-8(13)4-3-5-9(11)14/h3-5,7H,6,14H2,1-2H3,(H,16,17). The Morgan fingerprint density at radius 1 is 1.38 bits per heavy atom. The van der Waals surface area contributed by atoms with E-state index in [1.165, 1.54) is 12.1 Å². The van der Waals surface area contributed by atoms with E-state index in [0.717, 1.165) is 17.4 Å². The van der Waals surface area contributed by atoms with Gasteiger partial charge in [0.1, 0.15) is 15.7 Å². The number of nitrogens with zero attached hydrogens (tertiary/aromatic N) is 2. The predicted molar refractivity (Wildman–Crippen MR) is 80.1 cm³/mol. The molecule has 0 atom stereocenters.